The number of nitrogens with zero attached hydrogens (tertiary/aromatic N) is 2. The molecule has 15 heavy (non-hydrogen) atoms. The molecule has 1 heterocycles. The second kappa shape index (κ2) is 3.83. The van der Waals surface area contributed by atoms with Gasteiger partial charge in [-0.1, -0.05) is 6.42 Å². The van der Waals surface area contributed by atoms with Crippen molar-refractivity contribution >= 4 is 11.3 Å². The lowest BCUT2D eigenvalue weighted by molar-refractivity contribution is 0.350. The number of hydrogen-bond donors (Lipinski definition) is 1. The minimum Gasteiger partial charge on any atom is -0.307 e. The minimum atomic E-state index is 0.757. The SMILES string of the molecule is Cc1nnc(CNC2CC3CCC2C3)s1. The zero-order valence-corrected chi connectivity index (χ0v) is 9.89. The number of nitrogens with one attached hydrogen (secondary N) is 1. The van der Waals surface area contributed by atoms with Gasteiger partial charge in [-0.15, -0.1) is 21.5 Å². The van der Waals surface area contributed by atoms with Gasteiger partial charge < -0.3 is 5.32 Å². The minimum absolute atomic E-state index is 0.757. The summed E-state index contributed by atoms with van der Waals surface area (Å²) in [5, 5.41) is 14.0. The van der Waals surface area contributed by atoms with Gasteiger partial charge in [0.15, 0.2) is 0 Å². The molecule has 82 valence electrons. The van der Waals surface area contributed by atoms with Gasteiger partial charge in [0.25, 0.3) is 0 Å². The molecule has 3 nitrogen and oxygen atoms in total. The number of fused-ring (bicyclic) bond motifs is 2. The van der Waals surface area contributed by atoms with Gasteiger partial charge >= 0.3 is 0 Å². The molecule has 1 N–H and O–H groups in total. The molecule has 0 spiro atoms. The van der Waals surface area contributed by atoms with Crippen molar-refractivity contribution in [1.29, 1.82) is 0 Å². The van der Waals surface area contributed by atoms with Crippen molar-refractivity contribution in [2.75, 3.05) is 0 Å². The molecule has 1 aromatic rings. The molecule has 0 amide bonds. The predicted octanol–water partition coefficient (Wildman–Crippen LogP) is 2.12. The molecule has 3 unspecified atom stereocenters. The van der Waals surface area contributed by atoms with E-state index >= 15 is 0 Å². The third-order valence-corrected chi connectivity index (χ3v) is 4.66. The van der Waals surface area contributed by atoms with Crippen molar-refractivity contribution in [3.63, 3.8) is 0 Å². The summed E-state index contributed by atoms with van der Waals surface area (Å²) in [5.41, 5.74) is 0. The largest absolute Gasteiger partial charge is 0.307 e. The second-order valence-electron chi connectivity index (χ2n) is 4.88. The molecule has 2 aliphatic rings. The molecule has 0 radical (unpaired) electrons. The average molecular weight is 223 g/mol. The monoisotopic (exact) mass is 223 g/mol. The zero-order chi connectivity index (χ0) is 10.3. The first-order valence-electron chi connectivity index (χ1n) is 5.83. The van der Waals surface area contributed by atoms with Gasteiger partial charge in [-0.2, -0.15) is 0 Å². The van der Waals surface area contributed by atoms with Gasteiger partial charge in [0.1, 0.15) is 10.0 Å². The fourth-order valence-corrected chi connectivity index (χ4v) is 3.78. The lowest BCUT2D eigenvalue weighted by Crippen LogP contribution is -2.33. The molecule has 2 bridgehead atoms. The van der Waals surface area contributed by atoms with Crippen LogP contribution in [0.3, 0.4) is 0 Å². The summed E-state index contributed by atoms with van der Waals surface area (Å²) in [6.45, 7) is 2.93. The van der Waals surface area contributed by atoms with Crippen LogP contribution in [0.2, 0.25) is 0 Å². The fraction of sp³-hybridized carbons (Fsp3) is 0.818. The van der Waals surface area contributed by atoms with E-state index in [9.17, 15) is 0 Å². The van der Waals surface area contributed by atoms with Crippen LogP contribution in [-0.2, 0) is 6.54 Å². The van der Waals surface area contributed by atoms with E-state index in [1.807, 2.05) is 6.92 Å². The quantitative estimate of drug-likeness (QED) is 0.853. The maximum Gasteiger partial charge on any atom is 0.131 e. The number of hydrogen-bond acceptors (Lipinski definition) is 4. The van der Waals surface area contributed by atoms with Crippen LogP contribution in [0.25, 0.3) is 0 Å². The smallest absolute Gasteiger partial charge is 0.131 e. The maximum absolute atomic E-state index is 4.14. The van der Waals surface area contributed by atoms with E-state index in [-0.39, 0.29) is 0 Å². The standard InChI is InChI=1S/C11H17N3S/c1-7-13-14-11(15-7)6-12-10-5-8-2-3-9(10)4-8/h8-10,12H,2-6H2,1H3. The molecule has 2 saturated carbocycles. The van der Waals surface area contributed by atoms with E-state index in [1.165, 1.54) is 25.7 Å². The van der Waals surface area contributed by atoms with Gasteiger partial charge in [-0.25, -0.2) is 0 Å². The molecular weight excluding hydrogens is 206 g/mol. The van der Waals surface area contributed by atoms with Crippen LogP contribution in [0.4, 0.5) is 0 Å². The normalized spacial score (nSPS) is 33.8. The van der Waals surface area contributed by atoms with Gasteiger partial charge in [0, 0.05) is 12.6 Å². The molecule has 3 atom stereocenters. The van der Waals surface area contributed by atoms with Crippen LogP contribution in [0.15, 0.2) is 0 Å². The van der Waals surface area contributed by atoms with Crippen molar-refractivity contribution in [1.82, 2.24) is 15.5 Å². The summed E-state index contributed by atoms with van der Waals surface area (Å²) in [7, 11) is 0. The number of aromatic nitrogens is 2. The highest BCUT2D eigenvalue weighted by molar-refractivity contribution is 7.11. The van der Waals surface area contributed by atoms with Crippen LogP contribution in [0.1, 0.15) is 35.7 Å². The summed E-state index contributed by atoms with van der Waals surface area (Å²) in [4.78, 5) is 0. The molecule has 4 heteroatoms. The number of rotatable bonds is 3. The van der Waals surface area contributed by atoms with Crippen LogP contribution in [0.5, 0.6) is 0 Å². The van der Waals surface area contributed by atoms with E-state index in [0.29, 0.717) is 0 Å². The first-order chi connectivity index (χ1) is 7.31. The molecule has 0 aliphatic heterocycles. The highest BCUT2D eigenvalue weighted by atomic mass is 32.1. The van der Waals surface area contributed by atoms with Crippen LogP contribution in [0, 0.1) is 18.8 Å². The molecule has 2 aliphatic carbocycles. The lowest BCUT2D eigenvalue weighted by Gasteiger charge is -2.22. The van der Waals surface area contributed by atoms with Crippen molar-refractivity contribution in [2.45, 2.75) is 45.2 Å². The summed E-state index contributed by atoms with van der Waals surface area (Å²) >= 11 is 1.71. The Morgan fingerprint density at radius 1 is 1.33 bits per heavy atom. The highest BCUT2D eigenvalue weighted by Crippen LogP contribution is 2.44. The summed E-state index contributed by atoms with van der Waals surface area (Å²) < 4.78 is 0. The lowest BCUT2D eigenvalue weighted by atomic mass is 9.95. The fourth-order valence-electron chi connectivity index (χ4n) is 3.12. The van der Waals surface area contributed by atoms with E-state index < -0.39 is 0 Å². The van der Waals surface area contributed by atoms with E-state index in [4.69, 9.17) is 0 Å². The Hall–Kier alpha value is -0.480. The third-order valence-electron chi connectivity index (χ3n) is 3.82. The first-order valence-corrected chi connectivity index (χ1v) is 6.65. The molecule has 1 aromatic heterocycles. The zero-order valence-electron chi connectivity index (χ0n) is 9.07. The van der Waals surface area contributed by atoms with Crippen molar-refractivity contribution in [3.8, 4) is 0 Å². The second-order valence-corrected chi connectivity index (χ2v) is 6.14. The highest BCUT2D eigenvalue weighted by Gasteiger charge is 2.39. The molecule has 2 fully saturated rings. The molecule has 0 saturated heterocycles. The van der Waals surface area contributed by atoms with Crippen molar-refractivity contribution in [2.24, 2.45) is 11.8 Å². The van der Waals surface area contributed by atoms with Gasteiger partial charge in [-0.3, -0.25) is 0 Å². The van der Waals surface area contributed by atoms with Crippen LogP contribution < -0.4 is 5.32 Å². The van der Waals surface area contributed by atoms with Gasteiger partial charge in [0.05, 0.1) is 0 Å². The van der Waals surface area contributed by atoms with Crippen molar-refractivity contribution in [3.05, 3.63) is 10.0 Å². The molecular formula is C11H17N3S. The van der Waals surface area contributed by atoms with Crippen LogP contribution >= 0.6 is 11.3 Å². The van der Waals surface area contributed by atoms with E-state index in [2.05, 4.69) is 15.5 Å². The van der Waals surface area contributed by atoms with Gasteiger partial charge in [-0.05, 0) is 38.0 Å². The third kappa shape index (κ3) is 1.93. The summed E-state index contributed by atoms with van der Waals surface area (Å²) in [6.07, 6.45) is 5.77. The van der Waals surface area contributed by atoms with Crippen molar-refractivity contribution < 1.29 is 0 Å². The van der Waals surface area contributed by atoms with Gasteiger partial charge in [0.2, 0.25) is 0 Å². The first kappa shape index (κ1) is 9.73. The Bertz CT molecular complexity index is 349. The van der Waals surface area contributed by atoms with E-state index in [0.717, 1.165) is 34.4 Å². The Morgan fingerprint density at radius 3 is 2.87 bits per heavy atom. The Kier molecular flexibility index (Phi) is 2.48. The Labute approximate surface area is 94.3 Å². The summed E-state index contributed by atoms with van der Waals surface area (Å²) in [6, 6.07) is 0.757. The Balaban J connectivity index is 1.54. The maximum atomic E-state index is 4.14. The predicted molar refractivity (Wildman–Crippen MR) is 60.7 cm³/mol. The Morgan fingerprint density at radius 2 is 2.27 bits per heavy atom. The average Bonchev–Trinajstić information content (AvgIpc) is 2.90. The van der Waals surface area contributed by atoms with E-state index in [1.54, 1.807) is 11.3 Å². The number of aryl methyl sites for hydroxylation is 1. The van der Waals surface area contributed by atoms with Crippen LogP contribution in [-0.4, -0.2) is 16.2 Å². The summed E-state index contributed by atoms with van der Waals surface area (Å²) in [5.74, 6) is 1.97. The molecule has 3 rings (SSSR count). The molecule has 0 aromatic carbocycles. The topological polar surface area (TPSA) is 37.8 Å².